The number of fused-ring (bicyclic) bond motifs is 1. The third kappa shape index (κ3) is 1.84. The van der Waals surface area contributed by atoms with Crippen molar-refractivity contribution >= 4 is 18.0 Å². The van der Waals surface area contributed by atoms with Gasteiger partial charge in [-0.25, -0.2) is 0 Å². The highest BCUT2D eigenvalue weighted by Gasteiger charge is 2.29. The van der Waals surface area contributed by atoms with Gasteiger partial charge in [0.1, 0.15) is 23.1 Å². The van der Waals surface area contributed by atoms with Gasteiger partial charge in [0.05, 0.1) is 26.2 Å². The van der Waals surface area contributed by atoms with E-state index in [4.69, 9.17) is 18.0 Å². The van der Waals surface area contributed by atoms with Crippen LogP contribution in [-0.4, -0.2) is 29.7 Å². The van der Waals surface area contributed by atoms with Crippen molar-refractivity contribution in [2.24, 2.45) is 7.05 Å². The molecule has 1 aromatic rings. The Kier molecular flexibility index (Phi) is 2.72. The van der Waals surface area contributed by atoms with Crippen LogP contribution in [0.15, 0.2) is 0 Å². The fourth-order valence-electron chi connectivity index (χ4n) is 2.40. The highest BCUT2D eigenvalue weighted by Crippen LogP contribution is 2.29. The Morgan fingerprint density at radius 2 is 2.06 bits per heavy atom. The minimum absolute atomic E-state index is 0.489. The fourth-order valence-corrected chi connectivity index (χ4v) is 2.69. The van der Waals surface area contributed by atoms with Crippen molar-refractivity contribution in [3.63, 3.8) is 0 Å². The molecule has 0 unspecified atom stereocenters. The molecule has 0 amide bonds. The number of likely N-dealkylation sites (N-methyl/N-ethyl adjacent to an activating group) is 1. The van der Waals surface area contributed by atoms with Crippen LogP contribution < -0.4 is 5.73 Å². The van der Waals surface area contributed by atoms with Gasteiger partial charge >= 0.3 is 0 Å². The minimum Gasteiger partial charge on any atom is -0.384 e. The van der Waals surface area contributed by atoms with Crippen molar-refractivity contribution in [1.29, 1.82) is 5.26 Å². The van der Waals surface area contributed by atoms with E-state index in [9.17, 15) is 5.26 Å². The third-order valence-corrected chi connectivity index (χ3v) is 4.03. The van der Waals surface area contributed by atoms with Crippen molar-refractivity contribution in [2.45, 2.75) is 13.0 Å². The first-order valence-corrected chi connectivity index (χ1v) is 6.00. The summed E-state index contributed by atoms with van der Waals surface area (Å²) in [6.07, 6.45) is 0.875. The molecule has 0 bridgehead atoms. The van der Waals surface area contributed by atoms with Crippen LogP contribution in [0.1, 0.15) is 16.7 Å². The van der Waals surface area contributed by atoms with Crippen LogP contribution in [0, 0.1) is 16.0 Å². The molecule has 0 aliphatic carbocycles. The number of rotatable bonds is 0. The summed E-state index contributed by atoms with van der Waals surface area (Å²) in [7, 11) is 6.19. The van der Waals surface area contributed by atoms with Crippen LogP contribution in [0.4, 0.5) is 5.82 Å². The molecule has 0 saturated carbocycles. The first kappa shape index (κ1) is 12.1. The number of anilines is 1. The van der Waals surface area contributed by atoms with Gasteiger partial charge in [0.25, 0.3) is 0 Å². The monoisotopic (exact) mass is 249 g/mol. The van der Waals surface area contributed by atoms with Gasteiger partial charge in [0.15, 0.2) is 0 Å². The van der Waals surface area contributed by atoms with E-state index in [-0.39, 0.29) is 0 Å². The third-order valence-electron chi connectivity index (χ3n) is 3.51. The van der Waals surface area contributed by atoms with Crippen molar-refractivity contribution in [1.82, 2.24) is 4.57 Å². The average Bonchev–Trinajstić information content (AvgIpc) is 2.27. The minimum atomic E-state index is 0.489. The summed E-state index contributed by atoms with van der Waals surface area (Å²) in [5, 5.41) is 9.24. The zero-order valence-electron chi connectivity index (χ0n) is 10.4. The Morgan fingerprint density at radius 3 is 2.65 bits per heavy atom. The summed E-state index contributed by atoms with van der Waals surface area (Å²) >= 11 is 5.44. The van der Waals surface area contributed by atoms with E-state index in [2.05, 4.69) is 20.2 Å². The molecule has 1 aliphatic rings. The van der Waals surface area contributed by atoms with Crippen molar-refractivity contribution < 1.29 is 4.48 Å². The van der Waals surface area contributed by atoms with Crippen molar-refractivity contribution in [2.75, 3.05) is 26.4 Å². The van der Waals surface area contributed by atoms with E-state index in [0.717, 1.165) is 39.8 Å². The molecule has 5 heteroatoms. The predicted molar refractivity (Wildman–Crippen MR) is 69.8 cm³/mol. The number of nitrogen functional groups attached to an aromatic ring is 1. The molecule has 4 nitrogen and oxygen atoms in total. The smallest absolute Gasteiger partial charge is 0.122 e. The van der Waals surface area contributed by atoms with Gasteiger partial charge in [-0.15, -0.1) is 0 Å². The number of hydrogen-bond acceptors (Lipinski definition) is 3. The van der Waals surface area contributed by atoms with Crippen molar-refractivity contribution in [3.05, 3.63) is 21.3 Å². The second-order valence-corrected chi connectivity index (χ2v) is 5.65. The molecule has 0 radical (unpaired) electrons. The summed E-state index contributed by atoms with van der Waals surface area (Å²) in [5.41, 5.74) is 8.74. The lowest BCUT2D eigenvalue weighted by molar-refractivity contribution is -0.905. The summed E-state index contributed by atoms with van der Waals surface area (Å²) < 4.78 is 3.42. The summed E-state index contributed by atoms with van der Waals surface area (Å²) in [6, 6.07) is 2.22. The van der Waals surface area contributed by atoms with Crippen LogP contribution in [0.2, 0.25) is 0 Å². The van der Waals surface area contributed by atoms with E-state index in [0.29, 0.717) is 11.4 Å². The maximum absolute atomic E-state index is 9.24. The molecule has 0 atom stereocenters. The molecule has 2 rings (SSSR count). The van der Waals surface area contributed by atoms with Crippen LogP contribution in [0.5, 0.6) is 0 Å². The number of nitriles is 1. The van der Waals surface area contributed by atoms with Crippen LogP contribution in [-0.2, 0) is 20.0 Å². The second-order valence-electron chi connectivity index (χ2n) is 5.26. The van der Waals surface area contributed by atoms with Gasteiger partial charge in [-0.3, -0.25) is 0 Å². The molecular weight excluding hydrogens is 232 g/mol. The quantitative estimate of drug-likeness (QED) is 0.557. The van der Waals surface area contributed by atoms with E-state index >= 15 is 0 Å². The number of pyridine rings is 1. The first-order chi connectivity index (χ1) is 7.87. The fraction of sp³-hybridized carbons (Fsp3) is 0.500. The molecule has 0 aromatic carbocycles. The predicted octanol–water partition coefficient (Wildman–Crippen LogP) is 1.34. The molecule has 90 valence electrons. The van der Waals surface area contributed by atoms with E-state index < -0.39 is 0 Å². The van der Waals surface area contributed by atoms with Gasteiger partial charge in [0, 0.05) is 19.0 Å². The number of nitrogens with two attached hydrogens (primary N) is 1. The van der Waals surface area contributed by atoms with E-state index in [1.54, 1.807) is 4.57 Å². The van der Waals surface area contributed by atoms with Crippen molar-refractivity contribution in [3.8, 4) is 6.07 Å². The lowest BCUT2D eigenvalue weighted by Crippen LogP contribution is -2.44. The summed E-state index contributed by atoms with van der Waals surface area (Å²) in [6.45, 7) is 1.89. The molecule has 1 aliphatic heterocycles. The average molecular weight is 249 g/mol. The number of quaternary nitrogens is 1. The summed E-state index contributed by atoms with van der Waals surface area (Å²) in [4.78, 5) is 0. The second kappa shape index (κ2) is 3.83. The maximum Gasteiger partial charge on any atom is 0.122 e. The maximum atomic E-state index is 9.24. The van der Waals surface area contributed by atoms with Crippen LogP contribution in [0.25, 0.3) is 0 Å². The van der Waals surface area contributed by atoms with Crippen LogP contribution >= 0.6 is 12.2 Å². The number of aromatic nitrogens is 1. The van der Waals surface area contributed by atoms with E-state index in [1.807, 2.05) is 7.05 Å². The highest BCUT2D eigenvalue weighted by molar-refractivity contribution is 7.71. The molecule has 2 N–H and O–H groups in total. The Hall–Kier alpha value is -1.38. The largest absolute Gasteiger partial charge is 0.384 e. The molecular formula is C12H17N4S+. The standard InChI is InChI=1S/C12H16N4S/c1-15-11(14)9(6-13)8-4-5-16(2,3)7-10(8)12(15)17/h4-5,7H2,1-3H3,(H-,14,17)/p+1. The Balaban J connectivity index is 2.77. The number of hydrogen-bond donors (Lipinski definition) is 1. The molecule has 1 aromatic heterocycles. The molecule has 17 heavy (non-hydrogen) atoms. The lowest BCUT2D eigenvalue weighted by Gasteiger charge is -2.35. The normalized spacial score (nSPS) is 17.3. The van der Waals surface area contributed by atoms with Gasteiger partial charge in [-0.05, 0) is 5.56 Å². The topological polar surface area (TPSA) is 54.7 Å². The first-order valence-electron chi connectivity index (χ1n) is 5.59. The van der Waals surface area contributed by atoms with Gasteiger partial charge in [-0.2, -0.15) is 5.26 Å². The van der Waals surface area contributed by atoms with Gasteiger partial charge < -0.3 is 14.8 Å². The summed E-state index contributed by atoms with van der Waals surface area (Å²) in [5.74, 6) is 0.489. The molecule has 0 spiro atoms. The number of nitrogens with zero attached hydrogens (tertiary/aromatic N) is 3. The van der Waals surface area contributed by atoms with E-state index in [1.165, 1.54) is 0 Å². The van der Waals surface area contributed by atoms with Crippen LogP contribution in [0.3, 0.4) is 0 Å². The lowest BCUT2D eigenvalue weighted by atomic mass is 9.95. The van der Waals surface area contributed by atoms with Gasteiger partial charge in [0.2, 0.25) is 0 Å². The molecule has 0 saturated heterocycles. The Labute approximate surface area is 106 Å². The highest BCUT2D eigenvalue weighted by atomic mass is 32.1. The SMILES string of the molecule is Cn1c(N)c(C#N)c2c(c1=S)C[N+](C)(C)CC2. The Morgan fingerprint density at radius 1 is 1.41 bits per heavy atom. The molecule has 2 heterocycles. The van der Waals surface area contributed by atoms with Gasteiger partial charge in [-0.1, -0.05) is 12.2 Å². The molecule has 0 fully saturated rings. The zero-order chi connectivity index (χ0) is 12.8. The zero-order valence-corrected chi connectivity index (χ0v) is 11.3. The Bertz CT molecular complexity index is 578.